The van der Waals surface area contributed by atoms with Crippen molar-refractivity contribution >= 4 is 29.7 Å². The minimum Gasteiger partial charge on any atom is -0.469 e. The van der Waals surface area contributed by atoms with Gasteiger partial charge in [-0.3, -0.25) is 19.2 Å². The topological polar surface area (TPSA) is 143 Å². The molecule has 0 aromatic heterocycles. The fourth-order valence-corrected chi connectivity index (χ4v) is 6.68. The Kier molecular flexibility index (Phi) is 5.63. The molecule has 180 valence electrons. The van der Waals surface area contributed by atoms with E-state index in [1.165, 1.54) is 14.0 Å². The normalized spacial score (nSPS) is 42.3. The summed E-state index contributed by atoms with van der Waals surface area (Å²) in [6.45, 7) is 4.83. The van der Waals surface area contributed by atoms with Crippen LogP contribution in [-0.4, -0.2) is 60.4 Å². The van der Waals surface area contributed by atoms with Crippen LogP contribution in [0.4, 0.5) is 0 Å². The zero-order chi connectivity index (χ0) is 24.3. The summed E-state index contributed by atoms with van der Waals surface area (Å²) in [7, 11) is 1.27. The fraction of sp³-hybridized carbons (Fsp3) is 0.696. The highest BCUT2D eigenvalue weighted by Crippen LogP contribution is 2.64. The van der Waals surface area contributed by atoms with E-state index in [-0.39, 0.29) is 24.2 Å². The van der Waals surface area contributed by atoms with Crippen molar-refractivity contribution in [3.63, 3.8) is 0 Å². The average Bonchev–Trinajstić information content (AvgIpc) is 3.06. The van der Waals surface area contributed by atoms with E-state index in [1.807, 2.05) is 6.92 Å². The van der Waals surface area contributed by atoms with Gasteiger partial charge in [0, 0.05) is 30.9 Å². The molecule has 1 saturated heterocycles. The Bertz CT molecular complexity index is 953. The molecule has 1 N–H and O–H groups in total. The Morgan fingerprint density at radius 1 is 1.15 bits per heavy atom. The first kappa shape index (κ1) is 23.4. The predicted octanol–water partition coefficient (Wildman–Crippen LogP) is 0.836. The van der Waals surface area contributed by atoms with E-state index in [4.69, 9.17) is 18.9 Å². The summed E-state index contributed by atoms with van der Waals surface area (Å²) in [6, 6.07) is 0. The minimum absolute atomic E-state index is 0.0128. The van der Waals surface area contributed by atoms with Crippen LogP contribution in [0.2, 0.25) is 0 Å². The van der Waals surface area contributed by atoms with Gasteiger partial charge in [-0.1, -0.05) is 13.8 Å². The molecule has 2 heterocycles. The number of aliphatic hydroxyl groups excluding tert-OH is 1. The van der Waals surface area contributed by atoms with Gasteiger partial charge in [0.05, 0.1) is 18.9 Å². The zero-order valence-corrected chi connectivity index (χ0v) is 19.0. The number of methoxy groups -OCH3 is 1. The van der Waals surface area contributed by atoms with Crippen LogP contribution in [0.15, 0.2) is 11.6 Å². The first-order chi connectivity index (χ1) is 15.4. The highest BCUT2D eigenvalue weighted by Gasteiger charge is 2.68. The molecular formula is C23H28O10. The Balaban J connectivity index is 1.78. The highest BCUT2D eigenvalue weighted by molar-refractivity contribution is 5.93. The minimum atomic E-state index is -1.54. The monoisotopic (exact) mass is 464 g/mol. The molecule has 33 heavy (non-hydrogen) atoms. The third-order valence-corrected chi connectivity index (χ3v) is 8.07. The molecule has 3 fully saturated rings. The van der Waals surface area contributed by atoms with E-state index < -0.39 is 71.0 Å². The molecular weight excluding hydrogens is 436 g/mol. The number of carbonyl (C=O) groups excluding carboxylic acids is 5. The number of carbonyl (C=O) groups is 5. The van der Waals surface area contributed by atoms with Gasteiger partial charge in [0.2, 0.25) is 6.29 Å². The van der Waals surface area contributed by atoms with Gasteiger partial charge in [-0.2, -0.15) is 0 Å². The average molecular weight is 464 g/mol. The van der Waals surface area contributed by atoms with E-state index in [0.717, 1.165) is 6.08 Å². The number of ether oxygens (including phenoxy) is 4. The molecule has 8 atom stereocenters. The lowest BCUT2D eigenvalue weighted by Crippen LogP contribution is -2.65. The quantitative estimate of drug-likeness (QED) is 0.471. The first-order valence-corrected chi connectivity index (χ1v) is 11.0. The maximum Gasteiger partial charge on any atom is 0.333 e. The van der Waals surface area contributed by atoms with Crippen LogP contribution < -0.4 is 0 Å². The molecule has 0 bridgehead atoms. The van der Waals surface area contributed by atoms with Crippen molar-refractivity contribution in [1.82, 2.24) is 0 Å². The van der Waals surface area contributed by atoms with Crippen molar-refractivity contribution in [3.8, 4) is 0 Å². The summed E-state index contributed by atoms with van der Waals surface area (Å²) >= 11 is 0. The van der Waals surface area contributed by atoms with Gasteiger partial charge in [-0.05, 0) is 30.1 Å². The number of rotatable bonds is 3. The molecule has 2 saturated carbocycles. The summed E-state index contributed by atoms with van der Waals surface area (Å²) in [6.07, 6.45) is -1.61. The van der Waals surface area contributed by atoms with Crippen LogP contribution in [0.1, 0.15) is 46.5 Å². The maximum atomic E-state index is 13.7. The number of cyclic esters (lactones) is 2. The molecule has 4 rings (SSSR count). The van der Waals surface area contributed by atoms with Gasteiger partial charge in [0.15, 0.2) is 11.9 Å². The predicted molar refractivity (Wildman–Crippen MR) is 108 cm³/mol. The fourth-order valence-electron chi connectivity index (χ4n) is 6.68. The van der Waals surface area contributed by atoms with Gasteiger partial charge in [-0.25, -0.2) is 4.79 Å². The highest BCUT2D eigenvalue weighted by atomic mass is 16.6. The molecule has 10 heteroatoms. The van der Waals surface area contributed by atoms with E-state index in [1.54, 1.807) is 6.92 Å². The van der Waals surface area contributed by atoms with Crippen LogP contribution in [-0.2, 0) is 42.9 Å². The molecule has 2 aliphatic carbocycles. The van der Waals surface area contributed by atoms with Crippen molar-refractivity contribution in [2.24, 2.45) is 28.6 Å². The number of hydrogen-bond donors (Lipinski definition) is 1. The van der Waals surface area contributed by atoms with Crippen molar-refractivity contribution in [1.29, 1.82) is 0 Å². The summed E-state index contributed by atoms with van der Waals surface area (Å²) in [5.74, 6) is -4.96. The standard InChI is InChI=1S/C23H28O10/c1-10(24)31-14-8-13(20(28)30-4)22(2)6-5-12-21(29)32-15(11-7-16(25)33-19(11)27)9-23(12,3)18(22)17(14)26/h7,12-15,18-19,27H,5-6,8-9H2,1-4H3/t12-,13-,14-,15-,18-,19?,22-,23-/m0/s1. The summed E-state index contributed by atoms with van der Waals surface area (Å²) in [5, 5.41) is 10.1. The number of aliphatic hydroxyl groups is 1. The lowest BCUT2D eigenvalue weighted by molar-refractivity contribution is -0.208. The molecule has 0 aromatic rings. The lowest BCUT2D eigenvalue weighted by atomic mass is 9.43. The second-order valence-electron chi connectivity index (χ2n) is 9.91. The third-order valence-electron chi connectivity index (χ3n) is 8.07. The molecule has 2 aliphatic heterocycles. The van der Waals surface area contributed by atoms with Crippen LogP contribution in [0.3, 0.4) is 0 Å². The van der Waals surface area contributed by atoms with Crippen molar-refractivity contribution in [3.05, 3.63) is 11.6 Å². The summed E-state index contributed by atoms with van der Waals surface area (Å²) in [4.78, 5) is 62.9. The number of ketones is 1. The largest absolute Gasteiger partial charge is 0.469 e. The number of Topliss-reactive ketones (excluding diaryl/α,β-unsaturated/α-hetero) is 1. The van der Waals surface area contributed by atoms with E-state index in [2.05, 4.69) is 0 Å². The SMILES string of the molecule is COC(=O)[C@@H]1C[C@H](OC(C)=O)C(=O)[C@H]2[C@@]1(C)CC[C@H]1C(=O)O[C@H](C3=CC(=O)OC3O)C[C@]21C. The van der Waals surface area contributed by atoms with Crippen LogP contribution >= 0.6 is 0 Å². The van der Waals surface area contributed by atoms with Gasteiger partial charge in [0.1, 0.15) is 6.10 Å². The lowest BCUT2D eigenvalue weighted by Gasteiger charge is -2.61. The smallest absolute Gasteiger partial charge is 0.333 e. The second kappa shape index (κ2) is 7.93. The van der Waals surface area contributed by atoms with Gasteiger partial charge >= 0.3 is 23.9 Å². The molecule has 0 aromatic carbocycles. The molecule has 1 unspecified atom stereocenters. The second-order valence-corrected chi connectivity index (χ2v) is 9.91. The first-order valence-electron chi connectivity index (χ1n) is 11.0. The van der Waals surface area contributed by atoms with Crippen molar-refractivity contribution in [2.45, 2.75) is 65.0 Å². The molecule has 0 radical (unpaired) electrons. The van der Waals surface area contributed by atoms with Crippen LogP contribution in [0.25, 0.3) is 0 Å². The van der Waals surface area contributed by atoms with Gasteiger partial charge in [-0.15, -0.1) is 0 Å². The van der Waals surface area contributed by atoms with Crippen LogP contribution in [0, 0.1) is 28.6 Å². The maximum absolute atomic E-state index is 13.7. The molecule has 10 nitrogen and oxygen atoms in total. The van der Waals surface area contributed by atoms with Crippen molar-refractivity contribution < 1.29 is 48.0 Å². The number of esters is 4. The van der Waals surface area contributed by atoms with Gasteiger partial charge < -0.3 is 24.1 Å². The van der Waals surface area contributed by atoms with E-state index in [9.17, 15) is 29.1 Å². The van der Waals surface area contributed by atoms with E-state index >= 15 is 0 Å². The Morgan fingerprint density at radius 2 is 1.85 bits per heavy atom. The van der Waals surface area contributed by atoms with Gasteiger partial charge in [0.25, 0.3) is 0 Å². The van der Waals surface area contributed by atoms with Crippen molar-refractivity contribution in [2.75, 3.05) is 7.11 Å². The van der Waals surface area contributed by atoms with Crippen LogP contribution in [0.5, 0.6) is 0 Å². The van der Waals surface area contributed by atoms with E-state index in [0.29, 0.717) is 12.8 Å². The zero-order valence-electron chi connectivity index (χ0n) is 19.0. The Morgan fingerprint density at radius 3 is 2.42 bits per heavy atom. The number of fused-ring (bicyclic) bond motifs is 3. The Hall–Kier alpha value is -2.75. The summed E-state index contributed by atoms with van der Waals surface area (Å²) in [5.41, 5.74) is -1.71. The summed E-state index contributed by atoms with van der Waals surface area (Å²) < 4.78 is 20.7. The Labute approximate surface area is 190 Å². The third kappa shape index (κ3) is 3.55. The molecule has 0 spiro atoms. The number of hydrogen-bond acceptors (Lipinski definition) is 10. The molecule has 4 aliphatic rings. The molecule has 0 amide bonds.